The normalized spacial score (nSPS) is 10.6. The summed E-state index contributed by atoms with van der Waals surface area (Å²) in [4.78, 5) is 20.5. The van der Waals surface area contributed by atoms with Crippen molar-refractivity contribution in [1.29, 1.82) is 0 Å². The van der Waals surface area contributed by atoms with Gasteiger partial charge in [0.2, 0.25) is 5.88 Å². The molecule has 3 aromatic rings. The number of carbonyl (C=O) groups is 1. The average molecular weight is 385 g/mol. The standard InChI is InChI=1S/C19H20FN5O3/c1-11-15(12(2)25(24-11)14-7-5-13(20)6-8-14)10-21-18(26)16-9-17(27-3)23-19(22-16)28-4/h5-9H,10H2,1-4H3,(H,21,26). The molecule has 0 fully saturated rings. The van der Waals surface area contributed by atoms with Crippen LogP contribution in [0, 0.1) is 19.7 Å². The number of aromatic nitrogens is 4. The van der Waals surface area contributed by atoms with E-state index in [9.17, 15) is 9.18 Å². The van der Waals surface area contributed by atoms with Crippen LogP contribution >= 0.6 is 0 Å². The fraction of sp³-hybridized carbons (Fsp3) is 0.263. The Labute approximate surface area is 161 Å². The highest BCUT2D eigenvalue weighted by atomic mass is 19.1. The molecule has 2 aromatic heterocycles. The average Bonchev–Trinajstić information content (AvgIpc) is 2.99. The summed E-state index contributed by atoms with van der Waals surface area (Å²) in [5.74, 6) is -0.478. The summed E-state index contributed by atoms with van der Waals surface area (Å²) in [5.41, 5.74) is 3.35. The third-order valence-corrected chi connectivity index (χ3v) is 4.24. The number of ether oxygens (including phenoxy) is 2. The molecule has 0 saturated heterocycles. The van der Waals surface area contributed by atoms with Crippen LogP contribution in [0.25, 0.3) is 5.69 Å². The Bertz CT molecular complexity index is 979. The van der Waals surface area contributed by atoms with Gasteiger partial charge in [0.15, 0.2) is 0 Å². The summed E-state index contributed by atoms with van der Waals surface area (Å²) in [6, 6.07) is 7.53. The van der Waals surface area contributed by atoms with Gasteiger partial charge in [0.1, 0.15) is 11.5 Å². The molecule has 2 heterocycles. The molecule has 0 atom stereocenters. The van der Waals surface area contributed by atoms with E-state index >= 15 is 0 Å². The van der Waals surface area contributed by atoms with Crippen LogP contribution in [-0.4, -0.2) is 39.9 Å². The summed E-state index contributed by atoms with van der Waals surface area (Å²) in [6.07, 6.45) is 0. The predicted octanol–water partition coefficient (Wildman–Crippen LogP) is 2.37. The minimum absolute atomic E-state index is 0.0426. The fourth-order valence-corrected chi connectivity index (χ4v) is 2.74. The number of hydrogen-bond acceptors (Lipinski definition) is 6. The molecule has 3 rings (SSSR count). The zero-order valence-electron chi connectivity index (χ0n) is 16.0. The second-order valence-electron chi connectivity index (χ2n) is 6.00. The second kappa shape index (κ2) is 8.03. The lowest BCUT2D eigenvalue weighted by Gasteiger charge is -2.08. The number of benzene rings is 1. The molecule has 9 heteroatoms. The van der Waals surface area contributed by atoms with Crippen molar-refractivity contribution in [3.05, 3.63) is 58.8 Å². The molecule has 0 aliphatic heterocycles. The van der Waals surface area contributed by atoms with Gasteiger partial charge in [0, 0.05) is 23.9 Å². The summed E-state index contributed by atoms with van der Waals surface area (Å²) in [5, 5.41) is 7.31. The van der Waals surface area contributed by atoms with Gasteiger partial charge in [-0.1, -0.05) is 0 Å². The van der Waals surface area contributed by atoms with Crippen LogP contribution in [0.2, 0.25) is 0 Å². The minimum Gasteiger partial charge on any atom is -0.481 e. The SMILES string of the molecule is COc1cc(C(=O)NCc2c(C)nn(-c3ccc(F)cc3)c2C)nc(OC)n1. The molecule has 28 heavy (non-hydrogen) atoms. The molecule has 0 saturated carbocycles. The lowest BCUT2D eigenvalue weighted by Crippen LogP contribution is -2.24. The molecule has 0 aliphatic rings. The summed E-state index contributed by atoms with van der Waals surface area (Å²) >= 11 is 0. The van der Waals surface area contributed by atoms with Crippen molar-refractivity contribution in [1.82, 2.24) is 25.1 Å². The summed E-state index contributed by atoms with van der Waals surface area (Å²) < 4.78 is 24.9. The topological polar surface area (TPSA) is 91.2 Å². The number of nitrogens with one attached hydrogen (secondary N) is 1. The van der Waals surface area contributed by atoms with Crippen LogP contribution in [0.1, 0.15) is 27.4 Å². The first-order valence-electron chi connectivity index (χ1n) is 8.49. The first-order valence-corrected chi connectivity index (χ1v) is 8.49. The van der Waals surface area contributed by atoms with Gasteiger partial charge in [-0.15, -0.1) is 0 Å². The van der Waals surface area contributed by atoms with E-state index in [2.05, 4.69) is 20.4 Å². The molecular weight excluding hydrogens is 365 g/mol. The van der Waals surface area contributed by atoms with Crippen molar-refractivity contribution in [2.24, 2.45) is 0 Å². The molecule has 1 aromatic carbocycles. The van der Waals surface area contributed by atoms with Gasteiger partial charge < -0.3 is 14.8 Å². The Morgan fingerprint density at radius 1 is 1.14 bits per heavy atom. The smallest absolute Gasteiger partial charge is 0.320 e. The third-order valence-electron chi connectivity index (χ3n) is 4.24. The van der Waals surface area contributed by atoms with Crippen molar-refractivity contribution in [2.75, 3.05) is 14.2 Å². The highest BCUT2D eigenvalue weighted by Crippen LogP contribution is 2.19. The van der Waals surface area contributed by atoms with E-state index in [0.29, 0.717) is 0 Å². The van der Waals surface area contributed by atoms with Gasteiger partial charge in [-0.05, 0) is 38.1 Å². The largest absolute Gasteiger partial charge is 0.481 e. The van der Waals surface area contributed by atoms with Crippen molar-refractivity contribution in [2.45, 2.75) is 20.4 Å². The van der Waals surface area contributed by atoms with Crippen molar-refractivity contribution in [3.63, 3.8) is 0 Å². The number of nitrogens with zero attached hydrogens (tertiary/aromatic N) is 4. The zero-order valence-corrected chi connectivity index (χ0v) is 16.0. The maximum atomic E-state index is 13.2. The van der Waals surface area contributed by atoms with Gasteiger partial charge >= 0.3 is 6.01 Å². The Balaban J connectivity index is 1.80. The maximum absolute atomic E-state index is 13.2. The molecule has 0 radical (unpaired) electrons. The van der Waals surface area contributed by atoms with Crippen molar-refractivity contribution < 1.29 is 18.7 Å². The fourth-order valence-electron chi connectivity index (χ4n) is 2.74. The van der Waals surface area contributed by atoms with Crippen LogP contribution in [0.3, 0.4) is 0 Å². The van der Waals surface area contributed by atoms with Gasteiger partial charge in [0.05, 0.1) is 25.6 Å². The Morgan fingerprint density at radius 3 is 2.50 bits per heavy atom. The van der Waals surface area contributed by atoms with E-state index in [-0.39, 0.29) is 29.9 Å². The quantitative estimate of drug-likeness (QED) is 0.701. The first-order chi connectivity index (χ1) is 13.4. The predicted molar refractivity (Wildman–Crippen MR) is 99.3 cm³/mol. The van der Waals surface area contributed by atoms with Crippen LogP contribution in [0.15, 0.2) is 30.3 Å². The maximum Gasteiger partial charge on any atom is 0.320 e. The number of halogens is 1. The highest BCUT2D eigenvalue weighted by molar-refractivity contribution is 5.92. The van der Waals surface area contributed by atoms with E-state index in [1.807, 2.05) is 13.8 Å². The van der Waals surface area contributed by atoms with E-state index in [1.54, 1.807) is 16.8 Å². The molecule has 8 nitrogen and oxygen atoms in total. The minimum atomic E-state index is -0.396. The lowest BCUT2D eigenvalue weighted by molar-refractivity contribution is 0.0944. The first kappa shape index (κ1) is 19.3. The van der Waals surface area contributed by atoms with Gasteiger partial charge in [-0.3, -0.25) is 4.79 Å². The van der Waals surface area contributed by atoms with Crippen LogP contribution in [-0.2, 0) is 6.54 Å². The number of aryl methyl sites for hydroxylation is 1. The Hall–Kier alpha value is -3.49. The van der Waals surface area contributed by atoms with Crippen LogP contribution in [0.5, 0.6) is 11.9 Å². The molecule has 1 N–H and O–H groups in total. The van der Waals surface area contributed by atoms with Gasteiger partial charge in [0.25, 0.3) is 5.91 Å². The summed E-state index contributed by atoms with van der Waals surface area (Å²) in [7, 11) is 2.85. The Kier molecular flexibility index (Phi) is 5.53. The monoisotopic (exact) mass is 385 g/mol. The number of hydrogen-bond donors (Lipinski definition) is 1. The molecule has 0 bridgehead atoms. The van der Waals surface area contributed by atoms with Gasteiger partial charge in [-0.25, -0.2) is 9.07 Å². The van der Waals surface area contributed by atoms with Crippen LogP contribution in [0.4, 0.5) is 4.39 Å². The molecule has 1 amide bonds. The van der Waals surface area contributed by atoms with Crippen molar-refractivity contribution in [3.8, 4) is 17.6 Å². The van der Waals surface area contributed by atoms with Crippen LogP contribution < -0.4 is 14.8 Å². The van der Waals surface area contributed by atoms with E-state index < -0.39 is 5.91 Å². The van der Waals surface area contributed by atoms with Crippen molar-refractivity contribution >= 4 is 5.91 Å². The Morgan fingerprint density at radius 2 is 1.86 bits per heavy atom. The molecule has 0 spiro atoms. The number of rotatable bonds is 6. The zero-order chi connectivity index (χ0) is 20.3. The third kappa shape index (κ3) is 3.93. The molecule has 0 unspecified atom stereocenters. The summed E-state index contributed by atoms with van der Waals surface area (Å²) in [6.45, 7) is 4.00. The number of amides is 1. The number of methoxy groups -OCH3 is 2. The van der Waals surface area contributed by atoms with E-state index in [0.717, 1.165) is 22.6 Å². The molecular formula is C19H20FN5O3. The second-order valence-corrected chi connectivity index (χ2v) is 6.00. The lowest BCUT2D eigenvalue weighted by atomic mass is 10.2. The number of carbonyl (C=O) groups excluding carboxylic acids is 1. The highest BCUT2D eigenvalue weighted by Gasteiger charge is 2.16. The van der Waals surface area contributed by atoms with E-state index in [1.165, 1.54) is 32.4 Å². The molecule has 0 aliphatic carbocycles. The van der Waals surface area contributed by atoms with E-state index in [4.69, 9.17) is 9.47 Å². The van der Waals surface area contributed by atoms with Gasteiger partial charge in [-0.2, -0.15) is 15.1 Å². The molecule has 146 valence electrons.